The lowest BCUT2D eigenvalue weighted by Crippen LogP contribution is -1.93. The van der Waals surface area contributed by atoms with E-state index in [1.165, 1.54) is 11.3 Å². The van der Waals surface area contributed by atoms with E-state index in [2.05, 4.69) is 4.98 Å². The Morgan fingerprint density at radius 3 is 2.94 bits per heavy atom. The summed E-state index contributed by atoms with van der Waals surface area (Å²) >= 11 is 1.34. The molecule has 2 rings (SSSR count). The molecule has 0 bridgehead atoms. The lowest BCUT2D eigenvalue weighted by Gasteiger charge is -2.07. The van der Waals surface area contributed by atoms with Crippen LogP contribution in [0.5, 0.6) is 5.75 Å². The minimum atomic E-state index is 0.487. The van der Waals surface area contributed by atoms with Gasteiger partial charge in [0.15, 0.2) is 11.3 Å². The van der Waals surface area contributed by atoms with Gasteiger partial charge in [-0.25, -0.2) is 4.98 Å². The van der Waals surface area contributed by atoms with Crippen LogP contribution in [0.15, 0.2) is 29.6 Å². The maximum absolute atomic E-state index is 10.6. The average Bonchev–Trinajstić information content (AvgIpc) is 2.79. The molecule has 0 fully saturated rings. The summed E-state index contributed by atoms with van der Waals surface area (Å²) in [6.45, 7) is 2.55. The van der Waals surface area contributed by atoms with Crippen molar-refractivity contribution in [3.8, 4) is 17.0 Å². The van der Waals surface area contributed by atoms with Gasteiger partial charge in [0.25, 0.3) is 0 Å². The van der Waals surface area contributed by atoms with Crippen molar-refractivity contribution in [3.63, 3.8) is 0 Å². The van der Waals surface area contributed by atoms with Gasteiger partial charge < -0.3 is 4.74 Å². The zero-order valence-electron chi connectivity index (χ0n) is 8.84. The average molecular weight is 233 g/mol. The smallest absolute Gasteiger partial charge is 0.178 e. The molecule has 0 aliphatic heterocycles. The molecule has 0 spiro atoms. The second-order valence-corrected chi connectivity index (χ2v) is 4.01. The topological polar surface area (TPSA) is 39.2 Å². The van der Waals surface area contributed by atoms with Crippen molar-refractivity contribution in [3.05, 3.63) is 34.7 Å². The summed E-state index contributed by atoms with van der Waals surface area (Å²) in [6.07, 6.45) is 0.761. The molecule has 0 amide bonds. The summed E-state index contributed by atoms with van der Waals surface area (Å²) in [7, 11) is 0. The third kappa shape index (κ3) is 2.12. The lowest BCUT2D eigenvalue weighted by molar-refractivity contribution is 0.112. The van der Waals surface area contributed by atoms with Crippen LogP contribution in [0.4, 0.5) is 0 Å². The van der Waals surface area contributed by atoms with Crippen molar-refractivity contribution in [2.45, 2.75) is 6.92 Å². The van der Waals surface area contributed by atoms with Gasteiger partial charge >= 0.3 is 0 Å². The van der Waals surface area contributed by atoms with Crippen molar-refractivity contribution >= 4 is 17.6 Å². The highest BCUT2D eigenvalue weighted by molar-refractivity contribution is 7.11. The van der Waals surface area contributed by atoms with Crippen molar-refractivity contribution in [1.82, 2.24) is 4.98 Å². The van der Waals surface area contributed by atoms with Gasteiger partial charge in [-0.1, -0.05) is 12.1 Å². The second-order valence-electron chi connectivity index (χ2n) is 3.12. The molecule has 0 saturated heterocycles. The third-order valence-corrected chi connectivity index (χ3v) is 2.86. The summed E-state index contributed by atoms with van der Waals surface area (Å²) in [5, 5.41) is 2.35. The van der Waals surface area contributed by atoms with E-state index in [0.29, 0.717) is 11.6 Å². The molecular weight excluding hydrogens is 222 g/mol. The number of nitrogens with zero attached hydrogens (tertiary/aromatic N) is 1. The number of para-hydroxylation sites is 1. The molecule has 1 aromatic carbocycles. The molecule has 2 aromatic rings. The number of benzene rings is 1. The molecule has 0 aliphatic rings. The van der Waals surface area contributed by atoms with E-state index in [-0.39, 0.29) is 0 Å². The fourth-order valence-corrected chi connectivity index (χ4v) is 2.04. The Hall–Kier alpha value is -1.68. The molecule has 0 unspecified atom stereocenters. The number of carbonyl (C=O) groups excluding carboxylic acids is 1. The van der Waals surface area contributed by atoms with Gasteiger partial charge in [-0.3, -0.25) is 4.79 Å². The number of hydrogen-bond donors (Lipinski definition) is 0. The fourth-order valence-electron chi connectivity index (χ4n) is 1.43. The molecule has 0 radical (unpaired) electrons. The fraction of sp³-hybridized carbons (Fsp3) is 0.167. The maximum Gasteiger partial charge on any atom is 0.178 e. The Bertz CT molecular complexity index is 493. The van der Waals surface area contributed by atoms with Crippen LogP contribution in [-0.4, -0.2) is 17.9 Å². The summed E-state index contributed by atoms with van der Waals surface area (Å²) in [4.78, 5) is 14.8. The predicted molar refractivity (Wildman–Crippen MR) is 64.1 cm³/mol. The Morgan fingerprint density at radius 1 is 1.44 bits per heavy atom. The third-order valence-electron chi connectivity index (χ3n) is 2.09. The van der Waals surface area contributed by atoms with Crippen LogP contribution >= 0.6 is 11.3 Å². The van der Waals surface area contributed by atoms with Gasteiger partial charge in [-0.2, -0.15) is 0 Å². The molecule has 1 aromatic heterocycles. The van der Waals surface area contributed by atoms with E-state index in [1.54, 1.807) is 0 Å². The number of carbonyl (C=O) groups is 1. The van der Waals surface area contributed by atoms with Crippen LogP contribution in [0, 0.1) is 0 Å². The van der Waals surface area contributed by atoms with E-state index >= 15 is 0 Å². The molecule has 0 atom stereocenters. The second kappa shape index (κ2) is 4.90. The van der Waals surface area contributed by atoms with E-state index in [9.17, 15) is 4.79 Å². The van der Waals surface area contributed by atoms with Gasteiger partial charge in [0.2, 0.25) is 0 Å². The number of thiazole rings is 1. The van der Waals surface area contributed by atoms with Crippen LogP contribution in [0.3, 0.4) is 0 Å². The van der Waals surface area contributed by atoms with Gasteiger partial charge in [0.05, 0.1) is 12.3 Å². The van der Waals surface area contributed by atoms with Crippen LogP contribution in [-0.2, 0) is 0 Å². The first-order chi connectivity index (χ1) is 7.85. The van der Waals surface area contributed by atoms with Gasteiger partial charge in [0.1, 0.15) is 5.75 Å². The first-order valence-electron chi connectivity index (χ1n) is 4.98. The minimum Gasteiger partial charge on any atom is -0.493 e. The Kier molecular flexibility index (Phi) is 3.31. The monoisotopic (exact) mass is 233 g/mol. The highest BCUT2D eigenvalue weighted by Crippen LogP contribution is 2.30. The van der Waals surface area contributed by atoms with E-state index < -0.39 is 0 Å². The normalized spacial score (nSPS) is 10.1. The van der Waals surface area contributed by atoms with Crippen molar-refractivity contribution in [2.24, 2.45) is 0 Å². The van der Waals surface area contributed by atoms with Gasteiger partial charge in [-0.05, 0) is 19.1 Å². The maximum atomic E-state index is 10.6. The number of aldehydes is 1. The van der Waals surface area contributed by atoms with Crippen LogP contribution < -0.4 is 4.74 Å². The number of hydrogen-bond acceptors (Lipinski definition) is 4. The van der Waals surface area contributed by atoms with Gasteiger partial charge in [0, 0.05) is 10.9 Å². The molecular formula is C12H11NO2S. The van der Waals surface area contributed by atoms with Crippen molar-refractivity contribution in [2.75, 3.05) is 6.61 Å². The quantitative estimate of drug-likeness (QED) is 0.762. The SMILES string of the molecule is CCOc1ccccc1-c1csc(C=O)n1. The Morgan fingerprint density at radius 2 is 2.25 bits per heavy atom. The zero-order valence-corrected chi connectivity index (χ0v) is 9.66. The first kappa shape index (κ1) is 10.8. The highest BCUT2D eigenvalue weighted by Gasteiger charge is 2.08. The molecule has 0 saturated carbocycles. The lowest BCUT2D eigenvalue weighted by atomic mass is 10.1. The summed E-state index contributed by atoms with van der Waals surface area (Å²) in [6, 6.07) is 7.69. The number of ether oxygens (including phenoxy) is 1. The van der Waals surface area contributed by atoms with Crippen LogP contribution in [0.2, 0.25) is 0 Å². The molecule has 0 aliphatic carbocycles. The van der Waals surface area contributed by atoms with Crippen molar-refractivity contribution < 1.29 is 9.53 Å². The Balaban J connectivity index is 2.42. The first-order valence-corrected chi connectivity index (χ1v) is 5.86. The van der Waals surface area contributed by atoms with Crippen LogP contribution in [0.25, 0.3) is 11.3 Å². The van der Waals surface area contributed by atoms with E-state index in [1.807, 2.05) is 36.6 Å². The molecule has 3 nitrogen and oxygen atoms in total. The predicted octanol–water partition coefficient (Wildman–Crippen LogP) is 3.02. The van der Waals surface area contributed by atoms with E-state index in [0.717, 1.165) is 23.3 Å². The highest BCUT2D eigenvalue weighted by atomic mass is 32.1. The van der Waals surface area contributed by atoms with Crippen LogP contribution in [0.1, 0.15) is 16.7 Å². The molecule has 82 valence electrons. The summed E-state index contributed by atoms with van der Waals surface area (Å²) in [5.74, 6) is 0.799. The number of aromatic nitrogens is 1. The molecule has 16 heavy (non-hydrogen) atoms. The molecule has 1 heterocycles. The molecule has 0 N–H and O–H groups in total. The van der Waals surface area contributed by atoms with Crippen molar-refractivity contribution in [1.29, 1.82) is 0 Å². The standard InChI is InChI=1S/C12H11NO2S/c1-2-15-11-6-4-3-5-9(11)10-8-16-12(7-14)13-10/h3-8H,2H2,1H3. The molecule has 4 heteroatoms. The number of rotatable bonds is 4. The summed E-state index contributed by atoms with van der Waals surface area (Å²) in [5.41, 5.74) is 1.71. The van der Waals surface area contributed by atoms with E-state index in [4.69, 9.17) is 4.74 Å². The minimum absolute atomic E-state index is 0.487. The largest absolute Gasteiger partial charge is 0.493 e. The zero-order chi connectivity index (χ0) is 11.4. The summed E-state index contributed by atoms with van der Waals surface area (Å²) < 4.78 is 5.51. The van der Waals surface area contributed by atoms with Gasteiger partial charge in [-0.15, -0.1) is 11.3 Å². The Labute approximate surface area is 97.7 Å².